The number of anilines is 2. The van der Waals surface area contributed by atoms with Crippen LogP contribution in [-0.4, -0.2) is 72.0 Å². The Bertz CT molecular complexity index is 1400. The fourth-order valence-corrected chi connectivity index (χ4v) is 5.72. The van der Waals surface area contributed by atoms with Crippen molar-refractivity contribution in [1.29, 1.82) is 0 Å². The average molecular weight is 483 g/mol. The van der Waals surface area contributed by atoms with Crippen LogP contribution in [0.5, 0.6) is 0 Å². The first kappa shape index (κ1) is 22.9. The molecule has 186 valence electrons. The lowest BCUT2D eigenvalue weighted by molar-refractivity contribution is 0.101. The van der Waals surface area contributed by atoms with Crippen LogP contribution in [0.15, 0.2) is 42.5 Å². The minimum Gasteiger partial charge on any atom is -0.372 e. The summed E-state index contributed by atoms with van der Waals surface area (Å²) in [4.78, 5) is 31.9. The second kappa shape index (κ2) is 9.13. The molecule has 0 unspecified atom stereocenters. The van der Waals surface area contributed by atoms with E-state index in [4.69, 9.17) is 4.98 Å². The Kier molecular flexibility index (Phi) is 5.80. The summed E-state index contributed by atoms with van der Waals surface area (Å²) < 4.78 is 0. The molecular formula is C29H34N6O. The van der Waals surface area contributed by atoms with Crippen molar-refractivity contribution in [2.45, 2.75) is 26.7 Å². The number of imidazole rings is 1. The molecule has 0 aliphatic carbocycles. The molecule has 0 spiro atoms. The molecule has 2 saturated heterocycles. The van der Waals surface area contributed by atoms with Gasteiger partial charge in [0.05, 0.1) is 16.7 Å². The van der Waals surface area contributed by atoms with Crippen LogP contribution in [0.1, 0.15) is 35.8 Å². The average Bonchev–Trinajstić information content (AvgIpc) is 3.62. The minimum atomic E-state index is 0.0575. The van der Waals surface area contributed by atoms with E-state index in [9.17, 15) is 4.79 Å². The molecule has 2 aromatic carbocycles. The number of hydrogen-bond donors (Lipinski definition) is 2. The van der Waals surface area contributed by atoms with Gasteiger partial charge in [-0.3, -0.25) is 4.79 Å². The van der Waals surface area contributed by atoms with Gasteiger partial charge in [0.25, 0.3) is 0 Å². The van der Waals surface area contributed by atoms with Gasteiger partial charge in [-0.15, -0.1) is 0 Å². The molecule has 0 amide bonds. The zero-order valence-corrected chi connectivity index (χ0v) is 21.4. The van der Waals surface area contributed by atoms with E-state index < -0.39 is 0 Å². The molecule has 2 aliphatic heterocycles. The number of Topliss-reactive ketones (excluding diaryl/α,β-unsaturated/α-hetero) is 1. The SMILES string of the molecule is CC(=O)c1c(C)[nH]c(-c2nc3ccc(N4CCN(C)CC4)cc3[nH]2)c1-c1ccc(N2CCCC2)cc1. The molecule has 2 N–H and O–H groups in total. The molecule has 0 saturated carbocycles. The highest BCUT2D eigenvalue weighted by Crippen LogP contribution is 2.38. The Morgan fingerprint density at radius 3 is 2.22 bits per heavy atom. The Labute approximate surface area is 212 Å². The Hall–Kier alpha value is -3.58. The van der Waals surface area contributed by atoms with Gasteiger partial charge >= 0.3 is 0 Å². The minimum absolute atomic E-state index is 0.0575. The maximum absolute atomic E-state index is 12.7. The van der Waals surface area contributed by atoms with Gasteiger partial charge in [0.2, 0.25) is 0 Å². The summed E-state index contributed by atoms with van der Waals surface area (Å²) in [6.45, 7) is 10.0. The van der Waals surface area contributed by atoms with Crippen molar-refractivity contribution in [1.82, 2.24) is 19.9 Å². The summed E-state index contributed by atoms with van der Waals surface area (Å²) in [5.41, 5.74) is 8.82. The summed E-state index contributed by atoms with van der Waals surface area (Å²) in [6.07, 6.45) is 2.50. The lowest BCUT2D eigenvalue weighted by Crippen LogP contribution is -2.44. The molecule has 0 atom stereocenters. The van der Waals surface area contributed by atoms with Crippen LogP contribution in [0.2, 0.25) is 0 Å². The molecule has 2 aromatic heterocycles. The smallest absolute Gasteiger partial charge is 0.162 e. The van der Waals surface area contributed by atoms with E-state index in [2.05, 4.69) is 74.2 Å². The summed E-state index contributed by atoms with van der Waals surface area (Å²) in [5, 5.41) is 0. The number of carbonyl (C=O) groups excluding carboxylic acids is 1. The number of nitrogens with one attached hydrogen (secondary N) is 2. The van der Waals surface area contributed by atoms with Crippen LogP contribution in [0.25, 0.3) is 33.7 Å². The number of rotatable bonds is 5. The predicted molar refractivity (Wildman–Crippen MR) is 147 cm³/mol. The third-order valence-corrected chi connectivity index (χ3v) is 7.74. The van der Waals surface area contributed by atoms with Crippen molar-refractivity contribution in [3.05, 3.63) is 53.7 Å². The molecule has 7 nitrogen and oxygen atoms in total. The van der Waals surface area contributed by atoms with Gasteiger partial charge in [-0.25, -0.2) is 4.98 Å². The van der Waals surface area contributed by atoms with Gasteiger partial charge in [0.15, 0.2) is 11.6 Å². The van der Waals surface area contributed by atoms with Gasteiger partial charge in [-0.2, -0.15) is 0 Å². The molecule has 0 radical (unpaired) electrons. The van der Waals surface area contributed by atoms with E-state index in [1.807, 2.05) is 6.92 Å². The van der Waals surface area contributed by atoms with Gasteiger partial charge in [-0.05, 0) is 69.6 Å². The van der Waals surface area contributed by atoms with Crippen LogP contribution < -0.4 is 9.80 Å². The molecule has 0 bridgehead atoms. The summed E-state index contributed by atoms with van der Waals surface area (Å²) in [6, 6.07) is 15.1. The van der Waals surface area contributed by atoms with Crippen LogP contribution in [-0.2, 0) is 0 Å². The molecule has 7 heteroatoms. The van der Waals surface area contributed by atoms with Crippen LogP contribution in [0, 0.1) is 6.92 Å². The Morgan fingerprint density at radius 2 is 1.53 bits per heavy atom. The molecule has 4 heterocycles. The molecule has 4 aromatic rings. The lowest BCUT2D eigenvalue weighted by atomic mass is 9.97. The van der Waals surface area contributed by atoms with Gasteiger partial charge in [0.1, 0.15) is 0 Å². The number of benzene rings is 2. The lowest BCUT2D eigenvalue weighted by Gasteiger charge is -2.34. The maximum atomic E-state index is 12.7. The number of piperazine rings is 1. The van der Waals surface area contributed by atoms with Crippen LogP contribution in [0.4, 0.5) is 11.4 Å². The standard InChI is InChI=1S/C29H34N6O/c1-19-26(20(2)36)27(21-6-8-22(9-7-21)34-12-4-5-13-34)28(30-19)29-31-24-11-10-23(18-25(24)32-29)35-16-14-33(3)15-17-35/h6-11,18,30H,4-5,12-17H2,1-3H3,(H,31,32). The fourth-order valence-electron chi connectivity index (χ4n) is 5.72. The highest BCUT2D eigenvalue weighted by Gasteiger charge is 2.24. The number of nitrogens with zero attached hydrogens (tertiary/aromatic N) is 4. The first-order valence-corrected chi connectivity index (χ1v) is 13.0. The quantitative estimate of drug-likeness (QED) is 0.388. The number of aromatic amines is 2. The largest absolute Gasteiger partial charge is 0.372 e. The van der Waals surface area contributed by atoms with Gasteiger partial charge < -0.3 is 24.7 Å². The van der Waals surface area contributed by atoms with E-state index in [1.54, 1.807) is 6.92 Å². The normalized spacial score (nSPS) is 16.9. The first-order valence-electron chi connectivity index (χ1n) is 13.0. The van der Waals surface area contributed by atoms with E-state index in [1.165, 1.54) is 24.2 Å². The number of fused-ring (bicyclic) bond motifs is 1. The number of aryl methyl sites for hydroxylation is 1. The second-order valence-electron chi connectivity index (χ2n) is 10.2. The zero-order chi connectivity index (χ0) is 24.8. The second-order valence-corrected chi connectivity index (χ2v) is 10.2. The van der Waals surface area contributed by atoms with E-state index in [-0.39, 0.29) is 5.78 Å². The van der Waals surface area contributed by atoms with E-state index in [0.29, 0.717) is 0 Å². The Morgan fingerprint density at radius 1 is 0.861 bits per heavy atom. The van der Waals surface area contributed by atoms with Crippen molar-refractivity contribution in [2.24, 2.45) is 0 Å². The number of likely N-dealkylation sites (N-methyl/N-ethyl adjacent to an activating group) is 1. The monoisotopic (exact) mass is 482 g/mol. The molecular weight excluding hydrogens is 448 g/mol. The van der Waals surface area contributed by atoms with Crippen molar-refractivity contribution >= 4 is 28.2 Å². The Balaban J connectivity index is 1.39. The highest BCUT2D eigenvalue weighted by molar-refractivity contribution is 6.06. The van der Waals surface area contributed by atoms with Crippen LogP contribution in [0.3, 0.4) is 0 Å². The summed E-state index contributed by atoms with van der Waals surface area (Å²) in [5.74, 6) is 0.817. The van der Waals surface area contributed by atoms with Gasteiger partial charge in [0, 0.05) is 67.5 Å². The zero-order valence-electron chi connectivity index (χ0n) is 21.4. The van der Waals surface area contributed by atoms with Gasteiger partial charge in [-0.1, -0.05) is 12.1 Å². The number of carbonyl (C=O) groups is 1. The number of ketones is 1. The molecule has 36 heavy (non-hydrogen) atoms. The van der Waals surface area contributed by atoms with Crippen molar-refractivity contribution in [3.63, 3.8) is 0 Å². The van der Waals surface area contributed by atoms with Crippen molar-refractivity contribution in [3.8, 4) is 22.6 Å². The molecule has 2 aliphatic rings. The topological polar surface area (TPSA) is 71.3 Å². The van der Waals surface area contributed by atoms with Crippen molar-refractivity contribution < 1.29 is 4.79 Å². The first-order chi connectivity index (χ1) is 17.5. The molecule has 2 fully saturated rings. The third-order valence-electron chi connectivity index (χ3n) is 7.74. The number of H-pyrrole nitrogens is 2. The number of aromatic nitrogens is 3. The highest BCUT2D eigenvalue weighted by atomic mass is 16.1. The maximum Gasteiger partial charge on any atom is 0.162 e. The van der Waals surface area contributed by atoms with Crippen LogP contribution >= 0.6 is 0 Å². The number of hydrogen-bond acceptors (Lipinski definition) is 5. The summed E-state index contributed by atoms with van der Waals surface area (Å²) in [7, 11) is 2.17. The third kappa shape index (κ3) is 4.07. The fraction of sp³-hybridized carbons (Fsp3) is 0.379. The molecule has 6 rings (SSSR count). The van der Waals surface area contributed by atoms with Crippen molar-refractivity contribution in [2.75, 3.05) is 56.1 Å². The summed E-state index contributed by atoms with van der Waals surface area (Å²) >= 11 is 0. The van der Waals surface area contributed by atoms with E-state index in [0.717, 1.165) is 84.2 Å². The van der Waals surface area contributed by atoms with E-state index >= 15 is 0 Å². The predicted octanol–water partition coefficient (Wildman–Crippen LogP) is 5.09.